The normalized spacial score (nSPS) is 10.3. The summed E-state index contributed by atoms with van der Waals surface area (Å²) < 4.78 is 4.95. The molecule has 2 rings (SSSR count). The van der Waals surface area contributed by atoms with E-state index in [2.05, 4.69) is 0 Å². The van der Waals surface area contributed by atoms with Crippen LogP contribution in [0.2, 0.25) is 5.02 Å². The van der Waals surface area contributed by atoms with Gasteiger partial charge in [-0.15, -0.1) is 0 Å². The smallest absolute Gasteiger partial charge is 0.345 e. The lowest BCUT2D eigenvalue weighted by Crippen LogP contribution is -2.31. The van der Waals surface area contributed by atoms with Gasteiger partial charge in [-0.3, -0.25) is 14.9 Å². The number of anilines is 1. The lowest BCUT2D eigenvalue weighted by atomic mass is 10.2. The first kappa shape index (κ1) is 21.2. The van der Waals surface area contributed by atoms with Crippen LogP contribution in [-0.2, 0) is 16.1 Å². The van der Waals surface area contributed by atoms with Crippen LogP contribution in [-0.4, -0.2) is 49.4 Å². The molecule has 0 aromatic heterocycles. The van der Waals surface area contributed by atoms with Crippen LogP contribution in [0, 0.1) is 10.1 Å². The number of nitrogens with zero attached hydrogens (tertiary/aromatic N) is 3. The van der Waals surface area contributed by atoms with Gasteiger partial charge in [0, 0.05) is 44.5 Å². The maximum atomic E-state index is 12.2. The van der Waals surface area contributed by atoms with E-state index in [1.165, 1.54) is 11.0 Å². The van der Waals surface area contributed by atoms with Crippen molar-refractivity contribution in [3.8, 4) is 0 Å². The molecule has 0 aliphatic rings. The molecule has 0 fully saturated rings. The maximum absolute atomic E-state index is 12.2. The summed E-state index contributed by atoms with van der Waals surface area (Å²) in [5.74, 6) is -1.42. The van der Waals surface area contributed by atoms with Crippen LogP contribution in [0.3, 0.4) is 0 Å². The average molecular weight is 406 g/mol. The van der Waals surface area contributed by atoms with E-state index in [9.17, 15) is 19.7 Å². The Labute approximate surface area is 167 Å². The molecule has 0 N–H and O–H groups in total. The van der Waals surface area contributed by atoms with Crippen LogP contribution in [0.25, 0.3) is 0 Å². The van der Waals surface area contributed by atoms with Gasteiger partial charge in [-0.05, 0) is 29.8 Å². The van der Waals surface area contributed by atoms with Crippen molar-refractivity contribution in [2.24, 2.45) is 0 Å². The summed E-state index contributed by atoms with van der Waals surface area (Å²) >= 11 is 5.79. The molecular formula is C19H20ClN3O5. The highest BCUT2D eigenvalue weighted by molar-refractivity contribution is 6.31. The van der Waals surface area contributed by atoms with Crippen LogP contribution < -0.4 is 4.90 Å². The number of ether oxygens (including phenoxy) is 1. The fourth-order valence-electron chi connectivity index (χ4n) is 2.41. The molecule has 0 saturated carbocycles. The first-order chi connectivity index (χ1) is 13.2. The van der Waals surface area contributed by atoms with Gasteiger partial charge in [0.15, 0.2) is 6.61 Å². The van der Waals surface area contributed by atoms with Crippen LogP contribution in [0.4, 0.5) is 11.4 Å². The monoisotopic (exact) mass is 405 g/mol. The van der Waals surface area contributed by atoms with E-state index in [4.69, 9.17) is 16.3 Å². The standard InChI is InChI=1S/C19H20ClN3O5/c1-21(2)15-7-4-13(5-8-15)11-22(3)18(24)12-28-19(25)16-10-14(20)6-9-17(16)23(26)27/h4-10H,11-12H2,1-3H3. The van der Waals surface area contributed by atoms with Gasteiger partial charge in [0.25, 0.3) is 11.6 Å². The quantitative estimate of drug-likeness (QED) is 0.399. The van der Waals surface area contributed by atoms with Gasteiger partial charge in [0.2, 0.25) is 0 Å². The number of rotatable bonds is 7. The molecule has 1 amide bonds. The van der Waals surface area contributed by atoms with E-state index in [1.807, 2.05) is 43.3 Å². The third-order valence-electron chi connectivity index (χ3n) is 4.00. The van der Waals surface area contributed by atoms with Gasteiger partial charge in [0.05, 0.1) is 4.92 Å². The van der Waals surface area contributed by atoms with Gasteiger partial charge in [-0.2, -0.15) is 0 Å². The first-order valence-corrected chi connectivity index (χ1v) is 8.68. The number of halogens is 1. The molecular weight excluding hydrogens is 386 g/mol. The summed E-state index contributed by atoms with van der Waals surface area (Å²) in [5.41, 5.74) is 1.22. The lowest BCUT2D eigenvalue weighted by molar-refractivity contribution is -0.385. The fourth-order valence-corrected chi connectivity index (χ4v) is 2.58. The van der Waals surface area contributed by atoms with Crippen molar-refractivity contribution in [2.45, 2.75) is 6.54 Å². The number of nitro benzene ring substituents is 1. The minimum atomic E-state index is -0.980. The summed E-state index contributed by atoms with van der Waals surface area (Å²) in [5, 5.41) is 11.2. The highest BCUT2D eigenvalue weighted by Crippen LogP contribution is 2.23. The molecule has 28 heavy (non-hydrogen) atoms. The molecule has 0 heterocycles. The summed E-state index contributed by atoms with van der Waals surface area (Å²) in [6.45, 7) is -0.198. The van der Waals surface area contributed by atoms with E-state index in [-0.39, 0.29) is 10.6 Å². The fraction of sp³-hybridized carbons (Fsp3) is 0.263. The van der Waals surface area contributed by atoms with Crippen molar-refractivity contribution >= 4 is 34.9 Å². The number of amides is 1. The second kappa shape index (κ2) is 9.18. The molecule has 0 bridgehead atoms. The Bertz CT molecular complexity index is 884. The SMILES string of the molecule is CN(Cc1ccc(N(C)C)cc1)C(=O)COC(=O)c1cc(Cl)ccc1[N+](=O)[O-]. The Hall–Kier alpha value is -3.13. The summed E-state index contributed by atoms with van der Waals surface area (Å²) in [6.07, 6.45) is 0. The topological polar surface area (TPSA) is 93.0 Å². The van der Waals surface area contributed by atoms with Crippen LogP contribution in [0.15, 0.2) is 42.5 Å². The van der Waals surface area contributed by atoms with E-state index in [0.29, 0.717) is 6.54 Å². The van der Waals surface area contributed by atoms with Gasteiger partial charge >= 0.3 is 5.97 Å². The second-order valence-electron chi connectivity index (χ2n) is 6.31. The van der Waals surface area contributed by atoms with Crippen molar-refractivity contribution in [3.05, 3.63) is 68.7 Å². The first-order valence-electron chi connectivity index (χ1n) is 8.30. The van der Waals surface area contributed by atoms with Crippen molar-refractivity contribution in [3.63, 3.8) is 0 Å². The van der Waals surface area contributed by atoms with Gasteiger partial charge in [0.1, 0.15) is 5.56 Å². The number of nitro groups is 1. The molecule has 9 heteroatoms. The minimum absolute atomic E-state index is 0.155. The van der Waals surface area contributed by atoms with Crippen LogP contribution in [0.1, 0.15) is 15.9 Å². The van der Waals surface area contributed by atoms with Gasteiger partial charge in [-0.25, -0.2) is 4.79 Å². The number of carbonyl (C=O) groups excluding carboxylic acids is 2. The average Bonchev–Trinajstić information content (AvgIpc) is 2.65. The minimum Gasteiger partial charge on any atom is -0.452 e. The van der Waals surface area contributed by atoms with Gasteiger partial charge < -0.3 is 14.5 Å². The summed E-state index contributed by atoms with van der Waals surface area (Å²) in [6, 6.07) is 11.2. The van der Waals surface area contributed by atoms with Crippen LogP contribution >= 0.6 is 11.6 Å². The Morgan fingerprint density at radius 3 is 2.32 bits per heavy atom. The summed E-state index contributed by atoms with van der Waals surface area (Å²) in [4.78, 5) is 38.1. The van der Waals surface area contributed by atoms with E-state index >= 15 is 0 Å². The zero-order valence-corrected chi connectivity index (χ0v) is 16.5. The van der Waals surface area contributed by atoms with E-state index in [1.54, 1.807) is 7.05 Å². The number of esters is 1. The zero-order valence-electron chi connectivity index (χ0n) is 15.7. The highest BCUT2D eigenvalue weighted by atomic mass is 35.5. The molecule has 0 radical (unpaired) electrons. The van der Waals surface area contributed by atoms with Crippen molar-refractivity contribution in [1.82, 2.24) is 4.90 Å². The molecule has 2 aromatic carbocycles. The highest BCUT2D eigenvalue weighted by Gasteiger charge is 2.23. The number of likely N-dealkylation sites (N-methyl/N-ethyl adjacent to an activating group) is 1. The van der Waals surface area contributed by atoms with Gasteiger partial charge in [-0.1, -0.05) is 23.7 Å². The molecule has 0 aliphatic carbocycles. The van der Waals surface area contributed by atoms with Crippen molar-refractivity contribution in [1.29, 1.82) is 0 Å². The number of benzene rings is 2. The molecule has 8 nitrogen and oxygen atoms in total. The summed E-state index contributed by atoms with van der Waals surface area (Å²) in [7, 11) is 5.45. The third-order valence-corrected chi connectivity index (χ3v) is 4.24. The molecule has 0 aliphatic heterocycles. The largest absolute Gasteiger partial charge is 0.452 e. The Balaban J connectivity index is 1.97. The molecule has 0 spiro atoms. The van der Waals surface area contributed by atoms with Crippen molar-refractivity contribution < 1.29 is 19.2 Å². The second-order valence-corrected chi connectivity index (χ2v) is 6.74. The molecule has 2 aromatic rings. The number of hydrogen-bond donors (Lipinski definition) is 0. The predicted octanol–water partition coefficient (Wildman–Crippen LogP) is 3.13. The third kappa shape index (κ3) is 5.43. The Kier molecular flexibility index (Phi) is 6.94. The van der Waals surface area contributed by atoms with Crippen LogP contribution in [0.5, 0.6) is 0 Å². The predicted molar refractivity (Wildman–Crippen MR) is 106 cm³/mol. The zero-order chi connectivity index (χ0) is 20.8. The lowest BCUT2D eigenvalue weighted by Gasteiger charge is -2.18. The van der Waals surface area contributed by atoms with E-state index < -0.39 is 29.1 Å². The van der Waals surface area contributed by atoms with Crippen molar-refractivity contribution in [2.75, 3.05) is 32.6 Å². The van der Waals surface area contributed by atoms with E-state index in [0.717, 1.165) is 23.4 Å². The molecule has 0 saturated heterocycles. The Morgan fingerprint density at radius 1 is 1.11 bits per heavy atom. The molecule has 0 atom stereocenters. The maximum Gasteiger partial charge on any atom is 0.345 e. The number of hydrogen-bond acceptors (Lipinski definition) is 6. The Morgan fingerprint density at radius 2 is 1.75 bits per heavy atom. The molecule has 0 unspecified atom stereocenters. The molecule has 148 valence electrons. The number of carbonyl (C=O) groups is 2.